The van der Waals surface area contributed by atoms with Gasteiger partial charge in [0.2, 0.25) is 11.8 Å². The standard InChI is InChI=1S/C15H18N2O2/c18-14-6-5-11(8-16-14)15(19)17-9-12-7-10-3-1-2-4-13(10)12/h1-4,11-12H,5-9H2,(H,16,18)(H,17,19). The Hall–Kier alpha value is -1.84. The van der Waals surface area contributed by atoms with Crippen LogP contribution in [-0.4, -0.2) is 24.9 Å². The quantitative estimate of drug-likeness (QED) is 0.848. The molecule has 4 heteroatoms. The number of carbonyl (C=O) groups excluding carboxylic acids is 2. The molecule has 1 aliphatic heterocycles. The summed E-state index contributed by atoms with van der Waals surface area (Å²) in [6.07, 6.45) is 2.18. The van der Waals surface area contributed by atoms with Crippen molar-refractivity contribution in [2.24, 2.45) is 5.92 Å². The Labute approximate surface area is 112 Å². The summed E-state index contributed by atoms with van der Waals surface area (Å²) < 4.78 is 0. The topological polar surface area (TPSA) is 58.2 Å². The van der Waals surface area contributed by atoms with Gasteiger partial charge in [-0.25, -0.2) is 0 Å². The zero-order valence-electron chi connectivity index (χ0n) is 10.8. The Kier molecular flexibility index (Phi) is 3.23. The smallest absolute Gasteiger partial charge is 0.224 e. The van der Waals surface area contributed by atoms with Gasteiger partial charge in [0, 0.05) is 25.4 Å². The molecule has 2 N–H and O–H groups in total. The molecule has 1 heterocycles. The van der Waals surface area contributed by atoms with E-state index in [4.69, 9.17) is 0 Å². The van der Waals surface area contributed by atoms with E-state index in [1.165, 1.54) is 11.1 Å². The first-order chi connectivity index (χ1) is 9.24. The maximum absolute atomic E-state index is 12.0. The van der Waals surface area contributed by atoms with E-state index in [1.807, 2.05) is 6.07 Å². The van der Waals surface area contributed by atoms with Crippen molar-refractivity contribution < 1.29 is 9.59 Å². The molecular formula is C15H18N2O2. The molecular weight excluding hydrogens is 240 g/mol. The van der Waals surface area contributed by atoms with Crippen molar-refractivity contribution in [3.8, 4) is 0 Å². The fourth-order valence-electron chi connectivity index (χ4n) is 2.87. The minimum Gasteiger partial charge on any atom is -0.355 e. The van der Waals surface area contributed by atoms with Gasteiger partial charge in [0.15, 0.2) is 0 Å². The minimum absolute atomic E-state index is 0.0528. The Balaban J connectivity index is 1.48. The summed E-state index contributed by atoms with van der Waals surface area (Å²) in [4.78, 5) is 23.0. The molecule has 0 radical (unpaired) electrons. The third-order valence-corrected chi connectivity index (χ3v) is 4.12. The van der Waals surface area contributed by atoms with Crippen molar-refractivity contribution >= 4 is 11.8 Å². The fourth-order valence-corrected chi connectivity index (χ4v) is 2.87. The summed E-state index contributed by atoms with van der Waals surface area (Å²) in [7, 11) is 0. The molecule has 2 aliphatic rings. The number of hydrogen-bond acceptors (Lipinski definition) is 2. The molecule has 0 bridgehead atoms. The van der Waals surface area contributed by atoms with Crippen LogP contribution in [0.2, 0.25) is 0 Å². The second-order valence-corrected chi connectivity index (χ2v) is 5.38. The maximum Gasteiger partial charge on any atom is 0.224 e. The molecule has 2 atom stereocenters. The van der Waals surface area contributed by atoms with Crippen molar-refractivity contribution in [3.05, 3.63) is 35.4 Å². The molecule has 0 spiro atoms. The first-order valence-electron chi connectivity index (χ1n) is 6.86. The zero-order valence-corrected chi connectivity index (χ0v) is 10.8. The number of rotatable bonds is 3. The number of hydrogen-bond donors (Lipinski definition) is 2. The van der Waals surface area contributed by atoms with Crippen LogP contribution in [0.15, 0.2) is 24.3 Å². The molecule has 4 nitrogen and oxygen atoms in total. The van der Waals surface area contributed by atoms with E-state index in [2.05, 4.69) is 28.8 Å². The summed E-state index contributed by atoms with van der Waals surface area (Å²) >= 11 is 0. The number of nitrogens with one attached hydrogen (secondary N) is 2. The van der Waals surface area contributed by atoms with Crippen LogP contribution in [0.3, 0.4) is 0 Å². The first-order valence-corrected chi connectivity index (χ1v) is 6.86. The molecule has 1 saturated heterocycles. The Morgan fingerprint density at radius 3 is 2.95 bits per heavy atom. The van der Waals surface area contributed by atoms with Crippen molar-refractivity contribution in [3.63, 3.8) is 0 Å². The third kappa shape index (κ3) is 2.48. The summed E-state index contributed by atoms with van der Waals surface area (Å²) in [6.45, 7) is 1.19. The highest BCUT2D eigenvalue weighted by molar-refractivity contribution is 5.83. The molecule has 1 fully saturated rings. The van der Waals surface area contributed by atoms with Crippen molar-refractivity contribution in [1.82, 2.24) is 10.6 Å². The lowest BCUT2D eigenvalue weighted by molar-refractivity contribution is -0.129. The number of carbonyl (C=O) groups is 2. The third-order valence-electron chi connectivity index (χ3n) is 4.12. The summed E-state index contributed by atoms with van der Waals surface area (Å²) in [5, 5.41) is 5.76. The number of amides is 2. The molecule has 2 amide bonds. The van der Waals surface area contributed by atoms with Crippen LogP contribution in [0.5, 0.6) is 0 Å². The van der Waals surface area contributed by atoms with Gasteiger partial charge in [0.1, 0.15) is 0 Å². The van der Waals surface area contributed by atoms with E-state index in [1.54, 1.807) is 0 Å². The lowest BCUT2D eigenvalue weighted by atomic mass is 9.77. The van der Waals surface area contributed by atoms with Gasteiger partial charge < -0.3 is 10.6 Å². The van der Waals surface area contributed by atoms with Gasteiger partial charge in [0.05, 0.1) is 5.92 Å². The lowest BCUT2D eigenvalue weighted by Gasteiger charge is -2.31. The van der Waals surface area contributed by atoms with E-state index in [9.17, 15) is 9.59 Å². The number of benzene rings is 1. The largest absolute Gasteiger partial charge is 0.355 e. The molecule has 1 aromatic carbocycles. The summed E-state index contributed by atoms with van der Waals surface area (Å²) in [5.74, 6) is 0.521. The second kappa shape index (κ2) is 5.03. The van der Waals surface area contributed by atoms with Gasteiger partial charge >= 0.3 is 0 Å². The van der Waals surface area contributed by atoms with Gasteiger partial charge in [-0.15, -0.1) is 0 Å². The SMILES string of the molecule is O=C1CCC(C(=O)NCC2Cc3ccccc32)CN1. The van der Waals surface area contributed by atoms with Crippen molar-refractivity contribution in [1.29, 1.82) is 0 Å². The Morgan fingerprint density at radius 2 is 2.21 bits per heavy atom. The van der Waals surface area contributed by atoms with Crippen LogP contribution in [0, 0.1) is 5.92 Å². The van der Waals surface area contributed by atoms with Crippen molar-refractivity contribution in [2.45, 2.75) is 25.2 Å². The van der Waals surface area contributed by atoms with E-state index in [0.29, 0.717) is 31.8 Å². The maximum atomic E-state index is 12.0. The van der Waals surface area contributed by atoms with Gasteiger partial charge in [-0.3, -0.25) is 9.59 Å². The molecule has 1 aliphatic carbocycles. The molecule has 0 saturated carbocycles. The van der Waals surface area contributed by atoms with Gasteiger partial charge in [-0.1, -0.05) is 24.3 Å². The van der Waals surface area contributed by atoms with Crippen molar-refractivity contribution in [2.75, 3.05) is 13.1 Å². The van der Waals surface area contributed by atoms with Crippen LogP contribution < -0.4 is 10.6 Å². The van der Waals surface area contributed by atoms with Crippen LogP contribution in [-0.2, 0) is 16.0 Å². The van der Waals surface area contributed by atoms with E-state index >= 15 is 0 Å². The number of fused-ring (bicyclic) bond motifs is 1. The average molecular weight is 258 g/mol. The molecule has 19 heavy (non-hydrogen) atoms. The Bertz CT molecular complexity index is 503. The van der Waals surface area contributed by atoms with E-state index in [0.717, 1.165) is 6.42 Å². The van der Waals surface area contributed by atoms with Gasteiger partial charge in [-0.05, 0) is 24.0 Å². The number of piperidine rings is 1. The predicted molar refractivity (Wildman–Crippen MR) is 71.6 cm³/mol. The summed E-state index contributed by atoms with van der Waals surface area (Å²) in [6, 6.07) is 8.38. The highest BCUT2D eigenvalue weighted by Crippen LogP contribution is 2.34. The lowest BCUT2D eigenvalue weighted by Crippen LogP contribution is -2.44. The fraction of sp³-hybridized carbons (Fsp3) is 0.467. The average Bonchev–Trinajstić information content (AvgIpc) is 2.40. The van der Waals surface area contributed by atoms with Gasteiger partial charge in [-0.2, -0.15) is 0 Å². The molecule has 1 aromatic rings. The molecule has 3 rings (SSSR count). The monoisotopic (exact) mass is 258 g/mol. The van der Waals surface area contributed by atoms with E-state index in [-0.39, 0.29) is 17.7 Å². The normalized spacial score (nSPS) is 24.9. The van der Waals surface area contributed by atoms with Crippen LogP contribution in [0.1, 0.15) is 29.9 Å². The molecule has 0 aromatic heterocycles. The highest BCUT2D eigenvalue weighted by atomic mass is 16.2. The van der Waals surface area contributed by atoms with E-state index < -0.39 is 0 Å². The first kappa shape index (κ1) is 12.2. The van der Waals surface area contributed by atoms with Gasteiger partial charge in [0.25, 0.3) is 0 Å². The van der Waals surface area contributed by atoms with Crippen LogP contribution >= 0.6 is 0 Å². The highest BCUT2D eigenvalue weighted by Gasteiger charge is 2.28. The predicted octanol–water partition coefficient (Wildman–Crippen LogP) is 0.969. The zero-order chi connectivity index (χ0) is 13.2. The second-order valence-electron chi connectivity index (χ2n) is 5.38. The van der Waals surface area contributed by atoms with Crippen LogP contribution in [0.4, 0.5) is 0 Å². The molecule has 100 valence electrons. The van der Waals surface area contributed by atoms with Crippen LogP contribution in [0.25, 0.3) is 0 Å². The summed E-state index contributed by atoms with van der Waals surface area (Å²) in [5.41, 5.74) is 2.76. The molecule has 2 unspecified atom stereocenters. The Morgan fingerprint density at radius 1 is 1.37 bits per heavy atom. The minimum atomic E-state index is -0.0620.